The van der Waals surface area contributed by atoms with E-state index in [1.807, 2.05) is 0 Å². The summed E-state index contributed by atoms with van der Waals surface area (Å²) in [6.07, 6.45) is 0.899. The van der Waals surface area contributed by atoms with Gasteiger partial charge in [0.2, 0.25) is 20.0 Å². The van der Waals surface area contributed by atoms with Crippen molar-refractivity contribution < 1.29 is 26.7 Å². The highest BCUT2D eigenvalue weighted by molar-refractivity contribution is 7.89. The lowest BCUT2D eigenvalue weighted by Crippen LogP contribution is -2.48. The van der Waals surface area contributed by atoms with Gasteiger partial charge in [-0.3, -0.25) is 4.79 Å². The molecule has 0 aromatic heterocycles. The zero-order chi connectivity index (χ0) is 19.0. The van der Waals surface area contributed by atoms with Gasteiger partial charge in [-0.05, 0) is 44.0 Å². The Morgan fingerprint density at radius 1 is 1.12 bits per heavy atom. The third-order valence-electron chi connectivity index (χ3n) is 4.46. The highest BCUT2D eigenvalue weighted by Crippen LogP contribution is 2.29. The van der Waals surface area contributed by atoms with E-state index in [-0.39, 0.29) is 16.3 Å². The molecule has 1 fully saturated rings. The van der Waals surface area contributed by atoms with Gasteiger partial charge in [0.25, 0.3) is 0 Å². The number of carboxylic acid groups (broad SMARTS) is 1. The number of benzene rings is 1. The third kappa shape index (κ3) is 3.71. The van der Waals surface area contributed by atoms with Gasteiger partial charge in [0, 0.05) is 26.7 Å². The fourth-order valence-electron chi connectivity index (χ4n) is 2.91. The fraction of sp³-hybridized carbons (Fsp3) is 0.533. The zero-order valence-electron chi connectivity index (χ0n) is 14.3. The Morgan fingerprint density at radius 3 is 2.12 bits per heavy atom. The van der Waals surface area contributed by atoms with E-state index in [9.17, 15) is 26.7 Å². The third-order valence-corrected chi connectivity index (χ3v) is 8.29. The molecule has 10 heteroatoms. The quantitative estimate of drug-likeness (QED) is 0.796. The normalized spacial score (nSPS) is 22.9. The molecule has 0 spiro atoms. The van der Waals surface area contributed by atoms with Crippen molar-refractivity contribution in [2.45, 2.75) is 35.6 Å². The molecule has 140 valence electrons. The van der Waals surface area contributed by atoms with Crippen molar-refractivity contribution in [1.82, 2.24) is 8.61 Å². The molecule has 8 nitrogen and oxygen atoms in total. The van der Waals surface area contributed by atoms with Crippen LogP contribution in [0.15, 0.2) is 34.1 Å². The molecule has 0 radical (unpaired) electrons. The zero-order valence-corrected chi connectivity index (χ0v) is 15.9. The largest absolute Gasteiger partial charge is 0.481 e. The number of nitrogens with zero attached hydrogens (tertiary/aromatic N) is 2. The molecular formula is C15H22N2O6S2. The minimum atomic E-state index is -3.90. The first-order chi connectivity index (χ1) is 11.5. The van der Waals surface area contributed by atoms with Gasteiger partial charge in [0.15, 0.2) is 0 Å². The van der Waals surface area contributed by atoms with Crippen molar-refractivity contribution in [3.05, 3.63) is 24.3 Å². The lowest BCUT2D eigenvalue weighted by atomic mass is 9.92. The van der Waals surface area contributed by atoms with Gasteiger partial charge < -0.3 is 5.11 Å². The topological polar surface area (TPSA) is 112 Å². The molecule has 0 amide bonds. The summed E-state index contributed by atoms with van der Waals surface area (Å²) in [7, 11) is -4.77. The smallest absolute Gasteiger partial charge is 0.308 e. The molecule has 1 aromatic rings. The molecule has 0 aliphatic carbocycles. The van der Waals surface area contributed by atoms with Crippen LogP contribution in [0.25, 0.3) is 0 Å². The lowest BCUT2D eigenvalue weighted by Gasteiger charge is -2.36. The van der Waals surface area contributed by atoms with E-state index in [1.165, 1.54) is 42.7 Å². The number of sulfonamides is 2. The number of rotatable bonds is 5. The molecule has 0 bridgehead atoms. The molecule has 2 atom stereocenters. The summed E-state index contributed by atoms with van der Waals surface area (Å²) < 4.78 is 52.0. The van der Waals surface area contributed by atoms with Crippen LogP contribution < -0.4 is 0 Å². The van der Waals surface area contributed by atoms with Crippen molar-refractivity contribution >= 4 is 26.0 Å². The number of piperidine rings is 1. The Labute approximate surface area is 148 Å². The number of hydrogen-bond donors (Lipinski definition) is 1. The van der Waals surface area contributed by atoms with E-state index in [0.717, 1.165) is 4.31 Å². The maximum atomic E-state index is 12.8. The van der Waals surface area contributed by atoms with Crippen molar-refractivity contribution in [2.75, 3.05) is 20.6 Å². The minimum absolute atomic E-state index is 0.00782. The van der Waals surface area contributed by atoms with Gasteiger partial charge in [0.05, 0.1) is 15.7 Å². The Bertz CT molecular complexity index is 847. The van der Waals surface area contributed by atoms with Crippen molar-refractivity contribution in [2.24, 2.45) is 5.92 Å². The van der Waals surface area contributed by atoms with Crippen LogP contribution in [-0.2, 0) is 24.8 Å². The summed E-state index contributed by atoms with van der Waals surface area (Å²) in [5.74, 6) is -1.77. The average Bonchev–Trinajstić information content (AvgIpc) is 2.54. The second kappa shape index (κ2) is 7.02. The van der Waals surface area contributed by atoms with E-state index >= 15 is 0 Å². The number of aliphatic carboxylic acids is 1. The number of carboxylic acids is 1. The molecule has 1 heterocycles. The van der Waals surface area contributed by atoms with Crippen molar-refractivity contribution in [1.29, 1.82) is 0 Å². The van der Waals surface area contributed by atoms with Crippen LogP contribution in [0, 0.1) is 5.92 Å². The number of hydrogen-bond acceptors (Lipinski definition) is 5. The van der Waals surface area contributed by atoms with E-state index in [2.05, 4.69) is 0 Å². The summed E-state index contributed by atoms with van der Waals surface area (Å²) in [6, 6.07) is 4.30. The maximum Gasteiger partial charge on any atom is 0.308 e. The van der Waals surface area contributed by atoms with E-state index in [4.69, 9.17) is 0 Å². The monoisotopic (exact) mass is 390 g/mol. The SMILES string of the molecule is C[C@@H]1[C@H](C(=O)O)CCCN1S(=O)(=O)c1ccc(S(=O)(=O)N(C)C)cc1. The molecule has 1 aliphatic rings. The molecule has 1 N–H and O–H groups in total. The molecule has 0 unspecified atom stereocenters. The van der Waals surface area contributed by atoms with Crippen LogP contribution in [0.5, 0.6) is 0 Å². The average molecular weight is 390 g/mol. The standard InChI is InChI=1S/C15H22N2O6S2/c1-11-14(15(18)19)5-4-10-17(11)25(22,23)13-8-6-12(7-9-13)24(20,21)16(2)3/h6-9,11,14H,4-5,10H2,1-3H3,(H,18,19)/t11-,14-/m1/s1. The van der Waals surface area contributed by atoms with Crippen LogP contribution >= 0.6 is 0 Å². The second-order valence-corrected chi connectivity index (χ2v) is 10.2. The maximum absolute atomic E-state index is 12.8. The molecule has 2 rings (SSSR count). The number of carbonyl (C=O) groups is 1. The molecule has 1 saturated heterocycles. The first kappa shape index (κ1) is 19.8. The molecule has 1 aromatic carbocycles. The van der Waals surface area contributed by atoms with Gasteiger partial charge in [0.1, 0.15) is 0 Å². The summed E-state index contributed by atoms with van der Waals surface area (Å²) in [5.41, 5.74) is 0. The molecular weight excluding hydrogens is 368 g/mol. The first-order valence-corrected chi connectivity index (χ1v) is 10.6. The van der Waals surface area contributed by atoms with Crippen LogP contribution in [0.2, 0.25) is 0 Å². The summed E-state index contributed by atoms with van der Waals surface area (Å²) in [6.45, 7) is 1.82. The van der Waals surface area contributed by atoms with Crippen LogP contribution in [0.1, 0.15) is 19.8 Å². The van der Waals surface area contributed by atoms with Gasteiger partial charge in [-0.15, -0.1) is 0 Å². The van der Waals surface area contributed by atoms with Crippen LogP contribution in [0.3, 0.4) is 0 Å². The van der Waals surface area contributed by atoms with Gasteiger partial charge in [-0.25, -0.2) is 21.1 Å². The van der Waals surface area contributed by atoms with Crippen molar-refractivity contribution in [3.8, 4) is 0 Å². The Balaban J connectivity index is 2.35. The predicted molar refractivity (Wildman–Crippen MR) is 91.0 cm³/mol. The minimum Gasteiger partial charge on any atom is -0.481 e. The van der Waals surface area contributed by atoms with Gasteiger partial charge >= 0.3 is 5.97 Å². The Hall–Kier alpha value is -1.49. The first-order valence-electron chi connectivity index (χ1n) is 7.77. The van der Waals surface area contributed by atoms with Gasteiger partial charge in [-0.1, -0.05) is 0 Å². The van der Waals surface area contributed by atoms with Crippen LogP contribution in [-0.4, -0.2) is 63.2 Å². The fourth-order valence-corrected chi connectivity index (χ4v) is 5.52. The van der Waals surface area contributed by atoms with Crippen molar-refractivity contribution in [3.63, 3.8) is 0 Å². The Kier molecular flexibility index (Phi) is 5.57. The predicted octanol–water partition coefficient (Wildman–Crippen LogP) is 0.811. The molecule has 25 heavy (non-hydrogen) atoms. The van der Waals surface area contributed by atoms with E-state index < -0.39 is 38.0 Å². The second-order valence-electron chi connectivity index (χ2n) is 6.20. The highest BCUT2D eigenvalue weighted by Gasteiger charge is 2.39. The van der Waals surface area contributed by atoms with E-state index in [0.29, 0.717) is 12.8 Å². The molecule has 1 aliphatic heterocycles. The molecule has 0 saturated carbocycles. The van der Waals surface area contributed by atoms with E-state index in [1.54, 1.807) is 6.92 Å². The summed E-state index contributed by atoms with van der Waals surface area (Å²) in [5, 5.41) is 9.25. The van der Waals surface area contributed by atoms with Crippen LogP contribution in [0.4, 0.5) is 0 Å². The highest BCUT2D eigenvalue weighted by atomic mass is 32.2. The lowest BCUT2D eigenvalue weighted by molar-refractivity contribution is -0.144. The summed E-state index contributed by atoms with van der Waals surface area (Å²) in [4.78, 5) is 11.2. The summed E-state index contributed by atoms with van der Waals surface area (Å²) >= 11 is 0. The Morgan fingerprint density at radius 2 is 1.64 bits per heavy atom. The van der Waals surface area contributed by atoms with Gasteiger partial charge in [-0.2, -0.15) is 4.31 Å².